The van der Waals surface area contributed by atoms with Gasteiger partial charge in [0.2, 0.25) is 0 Å². The highest BCUT2D eigenvalue weighted by molar-refractivity contribution is 7.99. The van der Waals surface area contributed by atoms with Gasteiger partial charge < -0.3 is 5.32 Å². The zero-order valence-corrected chi connectivity index (χ0v) is 13.7. The summed E-state index contributed by atoms with van der Waals surface area (Å²) in [4.78, 5) is 5.55. The summed E-state index contributed by atoms with van der Waals surface area (Å²) in [5.74, 6) is 1.08. The maximum absolute atomic E-state index is 4.21. The van der Waals surface area contributed by atoms with E-state index in [0.29, 0.717) is 6.04 Å². The predicted molar refractivity (Wildman–Crippen MR) is 91.9 cm³/mol. The summed E-state index contributed by atoms with van der Waals surface area (Å²) < 4.78 is 0. The molecule has 1 aromatic carbocycles. The maximum Gasteiger partial charge on any atom is 0.0300 e. The van der Waals surface area contributed by atoms with Crippen LogP contribution in [0.5, 0.6) is 0 Å². The lowest BCUT2D eigenvalue weighted by atomic mass is 10.1. The fourth-order valence-corrected chi connectivity index (χ4v) is 3.13. The van der Waals surface area contributed by atoms with Crippen LogP contribution in [0.2, 0.25) is 0 Å². The molecule has 0 saturated heterocycles. The minimum Gasteiger partial charge on any atom is -0.313 e. The number of aromatic nitrogens is 1. The van der Waals surface area contributed by atoms with Gasteiger partial charge in [0.25, 0.3) is 0 Å². The lowest BCUT2D eigenvalue weighted by molar-refractivity contribution is 0.549. The molecule has 0 radical (unpaired) electrons. The van der Waals surface area contributed by atoms with E-state index in [9.17, 15) is 0 Å². The van der Waals surface area contributed by atoms with Crippen LogP contribution in [0, 0.1) is 6.92 Å². The van der Waals surface area contributed by atoms with Gasteiger partial charge in [-0.25, -0.2) is 0 Å². The van der Waals surface area contributed by atoms with E-state index in [2.05, 4.69) is 54.5 Å². The number of nitrogens with one attached hydrogen (secondary N) is 1. The topological polar surface area (TPSA) is 24.9 Å². The Morgan fingerprint density at radius 2 is 2.00 bits per heavy atom. The van der Waals surface area contributed by atoms with E-state index >= 15 is 0 Å². The molecule has 2 rings (SSSR count). The second kappa shape index (κ2) is 8.85. The van der Waals surface area contributed by atoms with Crippen molar-refractivity contribution in [2.24, 2.45) is 0 Å². The van der Waals surface area contributed by atoms with E-state index in [1.807, 2.05) is 30.2 Å². The molecular formula is C18H24N2S. The molecule has 1 unspecified atom stereocenters. The second-order valence-electron chi connectivity index (χ2n) is 5.34. The number of pyridine rings is 1. The lowest BCUT2D eigenvalue weighted by Gasteiger charge is -2.18. The Hall–Kier alpha value is -1.32. The summed E-state index contributed by atoms with van der Waals surface area (Å²) in [5, 5.41) is 3.65. The van der Waals surface area contributed by atoms with Crippen LogP contribution >= 0.6 is 11.8 Å². The Morgan fingerprint density at radius 1 is 1.19 bits per heavy atom. The Morgan fingerprint density at radius 3 is 2.67 bits per heavy atom. The second-order valence-corrected chi connectivity index (χ2v) is 6.43. The van der Waals surface area contributed by atoms with Crippen molar-refractivity contribution in [3.05, 3.63) is 59.9 Å². The molecule has 0 aliphatic carbocycles. The van der Waals surface area contributed by atoms with Gasteiger partial charge in [-0.1, -0.05) is 30.7 Å². The summed E-state index contributed by atoms with van der Waals surface area (Å²) in [7, 11) is 0. The molecule has 2 aromatic rings. The van der Waals surface area contributed by atoms with Crippen LogP contribution in [0.15, 0.2) is 53.7 Å². The zero-order chi connectivity index (χ0) is 14.9. The molecule has 0 aliphatic heterocycles. The van der Waals surface area contributed by atoms with Crippen molar-refractivity contribution in [3.8, 4) is 0 Å². The minimum atomic E-state index is 0.487. The maximum atomic E-state index is 4.21. The summed E-state index contributed by atoms with van der Waals surface area (Å²) in [6.45, 7) is 5.41. The van der Waals surface area contributed by atoms with Gasteiger partial charge in [-0.05, 0) is 50.1 Å². The highest BCUT2D eigenvalue weighted by atomic mass is 32.2. The predicted octanol–water partition coefficient (Wildman–Crippen LogP) is 4.09. The van der Waals surface area contributed by atoms with Crippen LogP contribution in [0.4, 0.5) is 0 Å². The molecule has 2 nitrogen and oxygen atoms in total. The first-order chi connectivity index (χ1) is 10.3. The molecule has 0 bridgehead atoms. The molecule has 0 saturated carbocycles. The number of thioether (sulfide) groups is 1. The molecule has 1 heterocycles. The third-order valence-electron chi connectivity index (χ3n) is 3.36. The standard InChI is InChI=1S/C18H24N2S/c1-3-10-20-17(12-16-5-4-11-19-13-16)14-21-18-8-6-15(2)7-9-18/h4-9,11,13,17,20H,3,10,12,14H2,1-2H3. The Kier molecular flexibility index (Phi) is 6.77. The fourth-order valence-electron chi connectivity index (χ4n) is 2.17. The monoisotopic (exact) mass is 300 g/mol. The molecule has 0 fully saturated rings. The van der Waals surface area contributed by atoms with Crippen LogP contribution in [-0.4, -0.2) is 23.3 Å². The van der Waals surface area contributed by atoms with Crippen molar-refractivity contribution >= 4 is 11.8 Å². The van der Waals surface area contributed by atoms with E-state index < -0.39 is 0 Å². The van der Waals surface area contributed by atoms with E-state index in [4.69, 9.17) is 0 Å². The van der Waals surface area contributed by atoms with Gasteiger partial charge in [0, 0.05) is 29.1 Å². The van der Waals surface area contributed by atoms with Gasteiger partial charge in [-0.3, -0.25) is 4.98 Å². The van der Waals surface area contributed by atoms with Crippen LogP contribution in [0.1, 0.15) is 24.5 Å². The van der Waals surface area contributed by atoms with Crippen molar-refractivity contribution in [1.82, 2.24) is 10.3 Å². The number of hydrogen-bond acceptors (Lipinski definition) is 3. The normalized spacial score (nSPS) is 12.3. The quantitative estimate of drug-likeness (QED) is 0.743. The average Bonchev–Trinajstić information content (AvgIpc) is 2.52. The molecule has 3 heteroatoms. The number of nitrogens with zero attached hydrogens (tertiary/aromatic N) is 1. The van der Waals surface area contributed by atoms with E-state index in [-0.39, 0.29) is 0 Å². The van der Waals surface area contributed by atoms with Gasteiger partial charge in [0.15, 0.2) is 0 Å². The molecular weight excluding hydrogens is 276 g/mol. The van der Waals surface area contributed by atoms with Crippen molar-refractivity contribution in [1.29, 1.82) is 0 Å². The Bertz CT molecular complexity index is 511. The van der Waals surface area contributed by atoms with Crippen molar-refractivity contribution in [3.63, 3.8) is 0 Å². The molecule has 0 spiro atoms. The molecule has 1 atom stereocenters. The third-order valence-corrected chi connectivity index (χ3v) is 4.53. The molecule has 112 valence electrons. The van der Waals surface area contributed by atoms with Gasteiger partial charge in [-0.15, -0.1) is 11.8 Å². The van der Waals surface area contributed by atoms with Gasteiger partial charge in [0.1, 0.15) is 0 Å². The summed E-state index contributed by atoms with van der Waals surface area (Å²) in [5.41, 5.74) is 2.62. The van der Waals surface area contributed by atoms with Crippen molar-refractivity contribution in [2.45, 2.75) is 37.6 Å². The summed E-state index contributed by atoms with van der Waals surface area (Å²) in [6, 6.07) is 13.4. The highest BCUT2D eigenvalue weighted by Gasteiger charge is 2.09. The zero-order valence-electron chi connectivity index (χ0n) is 12.9. The molecule has 1 N–H and O–H groups in total. The van der Waals surface area contributed by atoms with Crippen LogP contribution < -0.4 is 5.32 Å². The summed E-state index contributed by atoms with van der Waals surface area (Å²) in [6.07, 6.45) is 6.00. The molecule has 1 aromatic heterocycles. The number of benzene rings is 1. The SMILES string of the molecule is CCCNC(CSc1ccc(C)cc1)Cc1cccnc1. The fraction of sp³-hybridized carbons (Fsp3) is 0.389. The smallest absolute Gasteiger partial charge is 0.0300 e. The first-order valence-electron chi connectivity index (χ1n) is 7.59. The Labute approximate surface area is 132 Å². The Balaban J connectivity index is 1.91. The minimum absolute atomic E-state index is 0.487. The lowest BCUT2D eigenvalue weighted by Crippen LogP contribution is -2.34. The van der Waals surface area contributed by atoms with E-state index in [1.54, 1.807) is 0 Å². The first-order valence-corrected chi connectivity index (χ1v) is 8.58. The largest absolute Gasteiger partial charge is 0.313 e. The van der Waals surface area contributed by atoms with Crippen LogP contribution in [-0.2, 0) is 6.42 Å². The average molecular weight is 300 g/mol. The van der Waals surface area contributed by atoms with Crippen LogP contribution in [0.3, 0.4) is 0 Å². The van der Waals surface area contributed by atoms with Crippen molar-refractivity contribution < 1.29 is 0 Å². The summed E-state index contributed by atoms with van der Waals surface area (Å²) >= 11 is 1.92. The van der Waals surface area contributed by atoms with Gasteiger partial charge in [-0.2, -0.15) is 0 Å². The van der Waals surface area contributed by atoms with Crippen molar-refractivity contribution in [2.75, 3.05) is 12.3 Å². The molecule has 0 amide bonds. The molecule has 0 aliphatic rings. The highest BCUT2D eigenvalue weighted by Crippen LogP contribution is 2.20. The van der Waals surface area contributed by atoms with Gasteiger partial charge >= 0.3 is 0 Å². The number of aryl methyl sites for hydroxylation is 1. The van der Waals surface area contributed by atoms with E-state index in [0.717, 1.165) is 18.7 Å². The molecule has 21 heavy (non-hydrogen) atoms. The third kappa shape index (κ3) is 5.90. The van der Waals surface area contributed by atoms with Gasteiger partial charge in [0.05, 0.1) is 0 Å². The van der Waals surface area contributed by atoms with Crippen LogP contribution in [0.25, 0.3) is 0 Å². The number of rotatable bonds is 8. The van der Waals surface area contributed by atoms with E-state index in [1.165, 1.54) is 22.4 Å². The number of hydrogen-bond donors (Lipinski definition) is 1. The first kappa shape index (κ1) is 16.1.